The first-order chi connectivity index (χ1) is 8.17. The summed E-state index contributed by atoms with van der Waals surface area (Å²) >= 11 is 0. The predicted octanol–water partition coefficient (Wildman–Crippen LogP) is 1.74. The third-order valence-electron chi connectivity index (χ3n) is 2.19. The van der Waals surface area contributed by atoms with Gasteiger partial charge < -0.3 is 15.4 Å². The molecule has 0 saturated heterocycles. The average molecular weight is 240 g/mol. The first kappa shape index (κ1) is 13.4. The van der Waals surface area contributed by atoms with Crippen molar-refractivity contribution in [2.75, 3.05) is 19.7 Å². The normalized spacial score (nSPS) is 10.1. The standard InChI is InChI=1S/C12H17FN2O2/c1-2-17-12(16)15(7-6-14)9-10-4-3-5-11(13)8-10/h3-5,8H,2,6-7,9,14H2,1H3. The van der Waals surface area contributed by atoms with Crippen LogP contribution in [0.4, 0.5) is 9.18 Å². The Morgan fingerprint density at radius 1 is 1.53 bits per heavy atom. The molecule has 1 amide bonds. The second-order valence-corrected chi connectivity index (χ2v) is 3.54. The molecule has 0 saturated carbocycles. The van der Waals surface area contributed by atoms with Crippen LogP contribution in [-0.4, -0.2) is 30.7 Å². The highest BCUT2D eigenvalue weighted by Crippen LogP contribution is 2.08. The average Bonchev–Trinajstić information content (AvgIpc) is 2.29. The molecule has 0 aliphatic carbocycles. The van der Waals surface area contributed by atoms with E-state index >= 15 is 0 Å². The number of rotatable bonds is 5. The Morgan fingerprint density at radius 3 is 2.88 bits per heavy atom. The summed E-state index contributed by atoms with van der Waals surface area (Å²) in [7, 11) is 0. The van der Waals surface area contributed by atoms with Crippen LogP contribution in [0.1, 0.15) is 12.5 Å². The van der Waals surface area contributed by atoms with Gasteiger partial charge in [0.2, 0.25) is 0 Å². The lowest BCUT2D eigenvalue weighted by molar-refractivity contribution is 0.106. The van der Waals surface area contributed by atoms with Crippen molar-refractivity contribution in [2.24, 2.45) is 5.73 Å². The van der Waals surface area contributed by atoms with Crippen molar-refractivity contribution in [1.82, 2.24) is 4.90 Å². The minimum atomic E-state index is -0.429. The fourth-order valence-corrected chi connectivity index (χ4v) is 1.46. The fraction of sp³-hybridized carbons (Fsp3) is 0.417. The topological polar surface area (TPSA) is 55.6 Å². The molecule has 1 aromatic rings. The van der Waals surface area contributed by atoms with E-state index in [1.165, 1.54) is 17.0 Å². The zero-order valence-electron chi connectivity index (χ0n) is 9.86. The molecule has 0 aliphatic rings. The molecule has 4 nitrogen and oxygen atoms in total. The molecule has 0 atom stereocenters. The number of halogens is 1. The molecule has 0 heterocycles. The molecule has 94 valence electrons. The fourth-order valence-electron chi connectivity index (χ4n) is 1.46. The van der Waals surface area contributed by atoms with Crippen LogP contribution < -0.4 is 5.73 Å². The summed E-state index contributed by atoms with van der Waals surface area (Å²) in [5.74, 6) is -0.320. The van der Waals surface area contributed by atoms with Crippen LogP contribution in [0.15, 0.2) is 24.3 Å². The van der Waals surface area contributed by atoms with E-state index in [0.717, 1.165) is 0 Å². The van der Waals surface area contributed by atoms with Gasteiger partial charge in [0.25, 0.3) is 0 Å². The van der Waals surface area contributed by atoms with E-state index in [9.17, 15) is 9.18 Å². The highest BCUT2D eigenvalue weighted by Gasteiger charge is 2.14. The van der Waals surface area contributed by atoms with Gasteiger partial charge in [0.1, 0.15) is 5.82 Å². The molecule has 0 radical (unpaired) electrons. The maximum absolute atomic E-state index is 13.0. The quantitative estimate of drug-likeness (QED) is 0.853. The second kappa shape index (κ2) is 6.85. The molecule has 1 aromatic carbocycles. The highest BCUT2D eigenvalue weighted by molar-refractivity contribution is 5.67. The second-order valence-electron chi connectivity index (χ2n) is 3.54. The van der Waals surface area contributed by atoms with Crippen molar-refractivity contribution in [3.8, 4) is 0 Å². The molecule has 0 aliphatic heterocycles. The van der Waals surface area contributed by atoms with E-state index in [1.807, 2.05) is 0 Å². The summed E-state index contributed by atoms with van der Waals surface area (Å²) in [5, 5.41) is 0. The lowest BCUT2D eigenvalue weighted by Gasteiger charge is -2.21. The molecular formula is C12H17FN2O2. The number of hydrogen-bond acceptors (Lipinski definition) is 3. The van der Waals surface area contributed by atoms with E-state index in [4.69, 9.17) is 10.5 Å². The third kappa shape index (κ3) is 4.40. The Labute approximate surface area is 100 Å². The number of ether oxygens (including phenoxy) is 1. The van der Waals surface area contributed by atoms with Crippen LogP contribution in [0.3, 0.4) is 0 Å². The van der Waals surface area contributed by atoms with Gasteiger partial charge in [0, 0.05) is 19.6 Å². The Balaban J connectivity index is 2.69. The van der Waals surface area contributed by atoms with Crippen molar-refractivity contribution in [3.05, 3.63) is 35.6 Å². The molecule has 0 unspecified atom stereocenters. The lowest BCUT2D eigenvalue weighted by Crippen LogP contribution is -2.35. The van der Waals surface area contributed by atoms with E-state index < -0.39 is 6.09 Å². The van der Waals surface area contributed by atoms with Gasteiger partial charge in [-0.2, -0.15) is 0 Å². The number of nitrogens with zero attached hydrogens (tertiary/aromatic N) is 1. The van der Waals surface area contributed by atoms with E-state index in [2.05, 4.69) is 0 Å². The van der Waals surface area contributed by atoms with Gasteiger partial charge in [0.05, 0.1) is 6.61 Å². The number of carbonyl (C=O) groups is 1. The molecule has 5 heteroatoms. The molecule has 0 fully saturated rings. The van der Waals surface area contributed by atoms with Crippen LogP contribution in [0.2, 0.25) is 0 Å². The number of benzene rings is 1. The molecule has 1 rings (SSSR count). The SMILES string of the molecule is CCOC(=O)N(CCN)Cc1cccc(F)c1. The first-order valence-electron chi connectivity index (χ1n) is 5.53. The van der Waals surface area contributed by atoms with Crippen LogP contribution >= 0.6 is 0 Å². The molecule has 17 heavy (non-hydrogen) atoms. The summed E-state index contributed by atoms with van der Waals surface area (Å²) in [6, 6.07) is 6.12. The zero-order chi connectivity index (χ0) is 12.7. The van der Waals surface area contributed by atoms with Crippen LogP contribution in [0, 0.1) is 5.82 Å². The molecule has 2 N–H and O–H groups in total. The van der Waals surface area contributed by atoms with Crippen LogP contribution in [-0.2, 0) is 11.3 Å². The van der Waals surface area contributed by atoms with Crippen molar-refractivity contribution >= 4 is 6.09 Å². The van der Waals surface area contributed by atoms with Gasteiger partial charge in [-0.05, 0) is 24.6 Å². The zero-order valence-corrected chi connectivity index (χ0v) is 9.86. The highest BCUT2D eigenvalue weighted by atomic mass is 19.1. The Hall–Kier alpha value is -1.62. The summed E-state index contributed by atoms with van der Waals surface area (Å²) < 4.78 is 17.9. The first-order valence-corrected chi connectivity index (χ1v) is 5.53. The monoisotopic (exact) mass is 240 g/mol. The smallest absolute Gasteiger partial charge is 0.410 e. The maximum Gasteiger partial charge on any atom is 0.410 e. The molecule has 0 bridgehead atoms. The van der Waals surface area contributed by atoms with Gasteiger partial charge in [0.15, 0.2) is 0 Å². The van der Waals surface area contributed by atoms with Gasteiger partial charge >= 0.3 is 6.09 Å². The predicted molar refractivity (Wildman–Crippen MR) is 62.9 cm³/mol. The lowest BCUT2D eigenvalue weighted by atomic mass is 10.2. The van der Waals surface area contributed by atoms with E-state index in [-0.39, 0.29) is 5.82 Å². The summed E-state index contributed by atoms with van der Waals surface area (Å²) in [6.45, 7) is 3.07. The van der Waals surface area contributed by atoms with E-state index in [0.29, 0.717) is 31.8 Å². The summed E-state index contributed by atoms with van der Waals surface area (Å²) in [5.41, 5.74) is 6.14. The van der Waals surface area contributed by atoms with Crippen LogP contribution in [0.25, 0.3) is 0 Å². The van der Waals surface area contributed by atoms with E-state index in [1.54, 1.807) is 19.1 Å². The number of amides is 1. The van der Waals surface area contributed by atoms with Gasteiger partial charge in [-0.3, -0.25) is 0 Å². The number of carbonyl (C=O) groups excluding carboxylic acids is 1. The molecule has 0 spiro atoms. The largest absolute Gasteiger partial charge is 0.450 e. The minimum absolute atomic E-state index is 0.299. The van der Waals surface area contributed by atoms with Crippen molar-refractivity contribution < 1.29 is 13.9 Å². The van der Waals surface area contributed by atoms with Gasteiger partial charge in [-0.25, -0.2) is 9.18 Å². The Kier molecular flexibility index (Phi) is 5.42. The molecule has 0 aromatic heterocycles. The number of hydrogen-bond donors (Lipinski definition) is 1. The van der Waals surface area contributed by atoms with Crippen molar-refractivity contribution in [2.45, 2.75) is 13.5 Å². The molecular weight excluding hydrogens is 223 g/mol. The number of nitrogens with two attached hydrogens (primary N) is 1. The summed E-state index contributed by atoms with van der Waals surface area (Å²) in [6.07, 6.45) is -0.429. The van der Waals surface area contributed by atoms with Crippen molar-refractivity contribution in [1.29, 1.82) is 0 Å². The summed E-state index contributed by atoms with van der Waals surface area (Å²) in [4.78, 5) is 13.0. The van der Waals surface area contributed by atoms with Gasteiger partial charge in [-0.15, -0.1) is 0 Å². The maximum atomic E-state index is 13.0. The Morgan fingerprint density at radius 2 is 2.29 bits per heavy atom. The minimum Gasteiger partial charge on any atom is -0.450 e. The Bertz CT molecular complexity index is 371. The third-order valence-corrected chi connectivity index (χ3v) is 2.19. The van der Waals surface area contributed by atoms with Crippen molar-refractivity contribution in [3.63, 3.8) is 0 Å². The van der Waals surface area contributed by atoms with Crippen LogP contribution in [0.5, 0.6) is 0 Å². The van der Waals surface area contributed by atoms with Gasteiger partial charge in [-0.1, -0.05) is 12.1 Å².